The second-order valence-electron chi connectivity index (χ2n) is 3.65. The number of methoxy groups -OCH3 is 1. The van der Waals surface area contributed by atoms with Crippen molar-refractivity contribution in [3.05, 3.63) is 17.6 Å². The van der Waals surface area contributed by atoms with Crippen molar-refractivity contribution < 1.29 is 9.53 Å². The quantitative estimate of drug-likeness (QED) is 0.735. The lowest BCUT2D eigenvalue weighted by atomic mass is 9.85. The summed E-state index contributed by atoms with van der Waals surface area (Å²) in [5.74, 6) is 0.872. The molecule has 0 spiro atoms. The van der Waals surface area contributed by atoms with Crippen LogP contribution in [0.25, 0.3) is 0 Å². The smallest absolute Gasteiger partial charge is 0.343 e. The van der Waals surface area contributed by atoms with Crippen LogP contribution in [0.3, 0.4) is 0 Å². The number of carbonyl (C=O) groups is 1. The number of rotatable bonds is 2. The molecule has 2 rings (SSSR count). The Labute approximate surface area is 87.7 Å². The maximum Gasteiger partial charge on any atom is 0.343 e. The maximum absolute atomic E-state index is 11.2. The van der Waals surface area contributed by atoms with Crippen molar-refractivity contribution in [2.24, 2.45) is 0 Å². The molecule has 15 heavy (non-hydrogen) atoms. The van der Waals surface area contributed by atoms with Crippen LogP contribution in [0.4, 0.5) is 5.82 Å². The number of nitrogens with zero attached hydrogens (tertiary/aromatic N) is 2. The molecule has 0 aliphatic heterocycles. The summed E-state index contributed by atoms with van der Waals surface area (Å²) in [5.41, 5.74) is 5.90. The predicted molar refractivity (Wildman–Crippen MR) is 54.4 cm³/mol. The summed E-state index contributed by atoms with van der Waals surface area (Å²) >= 11 is 0. The van der Waals surface area contributed by atoms with E-state index in [-0.39, 0.29) is 11.4 Å². The number of ether oxygens (including phenoxy) is 1. The fourth-order valence-electron chi connectivity index (χ4n) is 1.54. The Bertz CT molecular complexity index is 388. The van der Waals surface area contributed by atoms with Gasteiger partial charge < -0.3 is 10.5 Å². The number of hydrogen-bond acceptors (Lipinski definition) is 5. The minimum atomic E-state index is -0.493. The Kier molecular flexibility index (Phi) is 2.53. The second kappa shape index (κ2) is 3.84. The Hall–Kier alpha value is -1.65. The highest BCUT2D eigenvalue weighted by molar-refractivity contribution is 5.93. The van der Waals surface area contributed by atoms with Gasteiger partial charge in [0.1, 0.15) is 17.2 Å². The molecule has 0 saturated heterocycles. The molecule has 0 unspecified atom stereocenters. The summed E-state index contributed by atoms with van der Waals surface area (Å²) in [5, 5.41) is 0. The van der Waals surface area contributed by atoms with Crippen molar-refractivity contribution >= 4 is 11.8 Å². The van der Waals surface area contributed by atoms with Crippen LogP contribution >= 0.6 is 0 Å². The highest BCUT2D eigenvalue weighted by atomic mass is 16.5. The van der Waals surface area contributed by atoms with E-state index in [2.05, 4.69) is 14.7 Å². The average molecular weight is 207 g/mol. The molecule has 1 aliphatic rings. The summed E-state index contributed by atoms with van der Waals surface area (Å²) in [6.45, 7) is 0. The molecule has 80 valence electrons. The molecule has 5 nitrogen and oxygen atoms in total. The molecule has 1 heterocycles. The predicted octanol–water partition coefficient (Wildman–Crippen LogP) is 1.11. The Morgan fingerprint density at radius 1 is 1.60 bits per heavy atom. The topological polar surface area (TPSA) is 78.1 Å². The van der Waals surface area contributed by atoms with E-state index < -0.39 is 5.97 Å². The van der Waals surface area contributed by atoms with Gasteiger partial charge in [0.25, 0.3) is 0 Å². The molecule has 0 aromatic carbocycles. The van der Waals surface area contributed by atoms with Gasteiger partial charge in [-0.25, -0.2) is 14.8 Å². The second-order valence-corrected chi connectivity index (χ2v) is 3.65. The normalized spacial score (nSPS) is 15.8. The zero-order valence-corrected chi connectivity index (χ0v) is 8.56. The zero-order valence-electron chi connectivity index (χ0n) is 8.56. The molecular formula is C10H13N3O2. The number of anilines is 1. The van der Waals surface area contributed by atoms with E-state index in [0.717, 1.165) is 18.7 Å². The number of hydrogen-bond donors (Lipinski definition) is 1. The van der Waals surface area contributed by atoms with E-state index in [9.17, 15) is 4.79 Å². The number of esters is 1. The van der Waals surface area contributed by atoms with E-state index in [1.165, 1.54) is 19.7 Å². The highest BCUT2D eigenvalue weighted by Gasteiger charge is 2.23. The van der Waals surface area contributed by atoms with Crippen molar-refractivity contribution in [3.63, 3.8) is 0 Å². The Morgan fingerprint density at radius 2 is 2.33 bits per heavy atom. The lowest BCUT2D eigenvalue weighted by molar-refractivity contribution is 0.0601. The molecule has 0 amide bonds. The molecule has 1 fully saturated rings. The molecule has 1 aliphatic carbocycles. The van der Waals surface area contributed by atoms with Crippen molar-refractivity contribution in [3.8, 4) is 0 Å². The first-order valence-corrected chi connectivity index (χ1v) is 4.93. The molecule has 1 aromatic heterocycles. The van der Waals surface area contributed by atoms with Gasteiger partial charge in [-0.2, -0.15) is 0 Å². The fourth-order valence-corrected chi connectivity index (χ4v) is 1.54. The Balaban J connectivity index is 2.25. The molecule has 0 atom stereocenters. The van der Waals surface area contributed by atoms with Crippen LogP contribution in [-0.4, -0.2) is 23.0 Å². The lowest BCUT2D eigenvalue weighted by Gasteiger charge is -2.23. The minimum absolute atomic E-state index is 0.207. The van der Waals surface area contributed by atoms with Crippen LogP contribution in [0, 0.1) is 0 Å². The van der Waals surface area contributed by atoms with Crippen LogP contribution in [0.15, 0.2) is 6.20 Å². The van der Waals surface area contributed by atoms with Crippen LogP contribution in [0.2, 0.25) is 0 Å². The Morgan fingerprint density at radius 3 is 2.80 bits per heavy atom. The summed E-state index contributed by atoms with van der Waals surface area (Å²) in [6, 6.07) is 0. The number of aromatic nitrogens is 2. The number of nitrogen functional groups attached to an aromatic ring is 1. The van der Waals surface area contributed by atoms with Gasteiger partial charge in [0.15, 0.2) is 0 Å². The average Bonchev–Trinajstić information content (AvgIpc) is 2.14. The van der Waals surface area contributed by atoms with Gasteiger partial charge in [0, 0.05) is 12.1 Å². The zero-order chi connectivity index (χ0) is 10.8. The largest absolute Gasteiger partial charge is 0.465 e. The van der Waals surface area contributed by atoms with Crippen LogP contribution in [0.1, 0.15) is 41.4 Å². The van der Waals surface area contributed by atoms with E-state index in [4.69, 9.17) is 5.73 Å². The van der Waals surface area contributed by atoms with Crippen molar-refractivity contribution in [2.75, 3.05) is 12.8 Å². The van der Waals surface area contributed by atoms with E-state index in [1.54, 1.807) is 0 Å². The first-order valence-electron chi connectivity index (χ1n) is 4.93. The molecule has 5 heteroatoms. The van der Waals surface area contributed by atoms with Gasteiger partial charge in [-0.1, -0.05) is 6.42 Å². The molecule has 1 aromatic rings. The van der Waals surface area contributed by atoms with Gasteiger partial charge in [-0.15, -0.1) is 0 Å². The summed E-state index contributed by atoms with van der Waals surface area (Å²) in [4.78, 5) is 19.5. The molecule has 0 bridgehead atoms. The minimum Gasteiger partial charge on any atom is -0.465 e. The first kappa shape index (κ1) is 9.89. The van der Waals surface area contributed by atoms with Crippen molar-refractivity contribution in [2.45, 2.75) is 25.2 Å². The van der Waals surface area contributed by atoms with E-state index in [1.807, 2.05) is 0 Å². The monoisotopic (exact) mass is 207 g/mol. The van der Waals surface area contributed by atoms with Crippen LogP contribution in [0.5, 0.6) is 0 Å². The van der Waals surface area contributed by atoms with Gasteiger partial charge in [-0.05, 0) is 12.8 Å². The lowest BCUT2D eigenvalue weighted by Crippen LogP contribution is -2.16. The molecule has 2 N–H and O–H groups in total. The molecular weight excluding hydrogens is 194 g/mol. The molecule has 1 saturated carbocycles. The fraction of sp³-hybridized carbons (Fsp3) is 0.500. The summed E-state index contributed by atoms with van der Waals surface area (Å²) < 4.78 is 4.56. The SMILES string of the molecule is COC(=O)c1cnc(C2CCC2)nc1N. The standard InChI is InChI=1S/C10H13N3O2/c1-15-10(14)7-5-12-9(13-8(7)11)6-3-2-4-6/h5-6H,2-4H2,1H3,(H2,11,12,13). The third-order valence-corrected chi connectivity index (χ3v) is 2.71. The first-order chi connectivity index (χ1) is 7.22. The maximum atomic E-state index is 11.2. The van der Waals surface area contributed by atoms with Gasteiger partial charge >= 0.3 is 5.97 Å². The third-order valence-electron chi connectivity index (χ3n) is 2.71. The number of carbonyl (C=O) groups excluding carboxylic acids is 1. The van der Waals surface area contributed by atoms with Crippen LogP contribution < -0.4 is 5.73 Å². The number of nitrogens with two attached hydrogens (primary N) is 1. The molecule has 0 radical (unpaired) electrons. The van der Waals surface area contributed by atoms with Gasteiger partial charge in [0.05, 0.1) is 7.11 Å². The van der Waals surface area contributed by atoms with E-state index >= 15 is 0 Å². The van der Waals surface area contributed by atoms with Gasteiger partial charge in [0.2, 0.25) is 0 Å². The van der Waals surface area contributed by atoms with Gasteiger partial charge in [-0.3, -0.25) is 0 Å². The summed E-state index contributed by atoms with van der Waals surface area (Å²) in [6.07, 6.45) is 4.88. The summed E-state index contributed by atoms with van der Waals surface area (Å²) in [7, 11) is 1.31. The van der Waals surface area contributed by atoms with Crippen LogP contribution in [-0.2, 0) is 4.74 Å². The van der Waals surface area contributed by atoms with Crippen molar-refractivity contribution in [1.82, 2.24) is 9.97 Å². The van der Waals surface area contributed by atoms with E-state index in [0.29, 0.717) is 5.92 Å². The van der Waals surface area contributed by atoms with Crippen molar-refractivity contribution in [1.29, 1.82) is 0 Å². The third kappa shape index (κ3) is 1.77. The highest BCUT2D eigenvalue weighted by Crippen LogP contribution is 2.34.